The molecule has 6 heteroatoms. The Hall–Kier alpha value is -2.24. The van der Waals surface area contributed by atoms with Gasteiger partial charge in [0.1, 0.15) is 0 Å². The Balaban J connectivity index is 2.53. The highest BCUT2D eigenvalue weighted by Crippen LogP contribution is 2.11. The highest BCUT2D eigenvalue weighted by molar-refractivity contribution is 5.19. The molecule has 1 aromatic carbocycles. The van der Waals surface area contributed by atoms with Crippen LogP contribution in [0.5, 0.6) is 0 Å². The highest BCUT2D eigenvalue weighted by Gasteiger charge is 2.10. The molecule has 0 bridgehead atoms. The minimum Gasteiger partial charge on any atom is -0.303 e. The molecule has 94 valence electrons. The number of aryl methyl sites for hydroxylation is 1. The van der Waals surface area contributed by atoms with Crippen LogP contribution in [-0.4, -0.2) is 9.13 Å². The summed E-state index contributed by atoms with van der Waals surface area (Å²) in [5.41, 5.74) is -1.17. The molecule has 0 saturated carbocycles. The Morgan fingerprint density at radius 1 is 1.17 bits per heavy atom. The van der Waals surface area contributed by atoms with Gasteiger partial charge in [-0.3, -0.25) is 9.36 Å². The van der Waals surface area contributed by atoms with Crippen LogP contribution in [0.1, 0.15) is 5.56 Å². The van der Waals surface area contributed by atoms with Crippen LogP contribution < -0.4 is 11.2 Å². The number of hydrogen-bond donors (Lipinski definition) is 0. The van der Waals surface area contributed by atoms with Crippen LogP contribution in [0.3, 0.4) is 0 Å². The van der Waals surface area contributed by atoms with Crippen LogP contribution in [0.15, 0.2) is 40.1 Å². The fourth-order valence-corrected chi connectivity index (χ4v) is 1.60. The van der Waals surface area contributed by atoms with E-state index in [-0.39, 0.29) is 12.1 Å². The Bertz CT molecular complexity index is 704. The molecule has 0 fully saturated rings. The van der Waals surface area contributed by atoms with Crippen molar-refractivity contribution in [1.29, 1.82) is 0 Å². The fraction of sp³-hybridized carbons (Fsp3) is 0.167. The second-order valence-electron chi connectivity index (χ2n) is 3.85. The smallest absolute Gasteiger partial charge is 0.303 e. The summed E-state index contributed by atoms with van der Waals surface area (Å²) in [7, 11) is 1.47. The molecule has 2 rings (SSSR count). The monoisotopic (exact) mass is 252 g/mol. The third-order valence-electron chi connectivity index (χ3n) is 2.60. The van der Waals surface area contributed by atoms with Gasteiger partial charge in [-0.2, -0.15) is 0 Å². The molecule has 0 N–H and O–H groups in total. The molecule has 4 nitrogen and oxygen atoms in total. The van der Waals surface area contributed by atoms with Crippen LogP contribution in [0.25, 0.3) is 0 Å². The van der Waals surface area contributed by atoms with E-state index in [1.54, 1.807) is 0 Å². The van der Waals surface area contributed by atoms with E-state index in [0.29, 0.717) is 0 Å². The van der Waals surface area contributed by atoms with Gasteiger partial charge in [-0.05, 0) is 6.07 Å². The van der Waals surface area contributed by atoms with E-state index in [1.807, 2.05) is 0 Å². The first-order valence-electron chi connectivity index (χ1n) is 5.20. The summed E-state index contributed by atoms with van der Waals surface area (Å²) in [6, 6.07) is 4.83. The lowest BCUT2D eigenvalue weighted by molar-refractivity contribution is 0.491. The summed E-state index contributed by atoms with van der Waals surface area (Å²) in [4.78, 5) is 23.2. The van der Waals surface area contributed by atoms with Gasteiger partial charge in [-0.25, -0.2) is 13.6 Å². The lowest BCUT2D eigenvalue weighted by atomic mass is 10.2. The van der Waals surface area contributed by atoms with Gasteiger partial charge in [0, 0.05) is 24.9 Å². The number of rotatable bonds is 2. The third kappa shape index (κ3) is 2.09. The van der Waals surface area contributed by atoms with Crippen molar-refractivity contribution in [2.75, 3.05) is 0 Å². The lowest BCUT2D eigenvalue weighted by Gasteiger charge is -2.07. The molecule has 0 amide bonds. The van der Waals surface area contributed by atoms with Crippen LogP contribution in [0.4, 0.5) is 8.78 Å². The molecule has 18 heavy (non-hydrogen) atoms. The topological polar surface area (TPSA) is 44.0 Å². The first-order valence-corrected chi connectivity index (χ1v) is 5.20. The Kier molecular flexibility index (Phi) is 3.10. The van der Waals surface area contributed by atoms with Gasteiger partial charge in [0.2, 0.25) is 0 Å². The first-order chi connectivity index (χ1) is 8.50. The van der Waals surface area contributed by atoms with Crippen molar-refractivity contribution in [3.63, 3.8) is 0 Å². The maximum atomic E-state index is 13.5. The molecule has 1 aromatic heterocycles. The normalized spacial score (nSPS) is 10.6. The van der Waals surface area contributed by atoms with Gasteiger partial charge in [0.25, 0.3) is 5.56 Å². The molecular formula is C12H10F2N2O2. The van der Waals surface area contributed by atoms with Crippen molar-refractivity contribution in [2.24, 2.45) is 7.05 Å². The molecular weight excluding hydrogens is 242 g/mol. The van der Waals surface area contributed by atoms with Crippen LogP contribution >= 0.6 is 0 Å². The van der Waals surface area contributed by atoms with Crippen LogP contribution in [0.2, 0.25) is 0 Å². The SMILES string of the molecule is Cn1ccc(=O)n(Cc2cccc(F)c2F)c1=O. The van der Waals surface area contributed by atoms with Crippen molar-refractivity contribution in [2.45, 2.75) is 6.54 Å². The largest absolute Gasteiger partial charge is 0.331 e. The Morgan fingerprint density at radius 3 is 2.61 bits per heavy atom. The standard InChI is InChI=1S/C12H10F2N2O2/c1-15-6-5-10(17)16(12(15)18)7-8-3-2-4-9(13)11(8)14/h2-6H,7H2,1H3. The Labute approximate surface area is 101 Å². The van der Waals surface area contributed by atoms with Crippen molar-refractivity contribution in [3.05, 3.63) is 68.5 Å². The summed E-state index contributed by atoms with van der Waals surface area (Å²) in [6.07, 6.45) is 1.32. The second-order valence-corrected chi connectivity index (χ2v) is 3.85. The van der Waals surface area contributed by atoms with E-state index < -0.39 is 22.9 Å². The zero-order chi connectivity index (χ0) is 13.3. The molecule has 0 atom stereocenters. The zero-order valence-electron chi connectivity index (χ0n) is 9.56. The summed E-state index contributed by atoms with van der Waals surface area (Å²) >= 11 is 0. The van der Waals surface area contributed by atoms with Gasteiger partial charge in [0.15, 0.2) is 11.6 Å². The zero-order valence-corrected chi connectivity index (χ0v) is 9.56. The van der Waals surface area contributed by atoms with E-state index in [0.717, 1.165) is 10.6 Å². The van der Waals surface area contributed by atoms with E-state index in [9.17, 15) is 18.4 Å². The average molecular weight is 252 g/mol. The summed E-state index contributed by atoms with van der Waals surface area (Å²) in [5, 5.41) is 0. The van der Waals surface area contributed by atoms with Crippen LogP contribution in [0, 0.1) is 11.6 Å². The predicted octanol–water partition coefficient (Wildman–Crippen LogP) is 0.873. The predicted molar refractivity (Wildman–Crippen MR) is 61.4 cm³/mol. The van der Waals surface area contributed by atoms with Gasteiger partial charge < -0.3 is 4.57 Å². The van der Waals surface area contributed by atoms with Crippen molar-refractivity contribution < 1.29 is 8.78 Å². The summed E-state index contributed by atoms with van der Waals surface area (Å²) in [5.74, 6) is -2.05. The van der Waals surface area contributed by atoms with E-state index >= 15 is 0 Å². The number of benzene rings is 1. The molecule has 0 spiro atoms. The van der Waals surface area contributed by atoms with Gasteiger partial charge in [-0.15, -0.1) is 0 Å². The van der Waals surface area contributed by atoms with Gasteiger partial charge >= 0.3 is 5.69 Å². The molecule has 2 aromatic rings. The number of nitrogens with zero attached hydrogens (tertiary/aromatic N) is 2. The number of aromatic nitrogens is 2. The summed E-state index contributed by atoms with van der Waals surface area (Å²) in [6.45, 7) is -0.296. The van der Waals surface area contributed by atoms with E-state index in [1.165, 1.54) is 36.0 Å². The minimum absolute atomic E-state index is 0.0413. The second kappa shape index (κ2) is 4.56. The third-order valence-corrected chi connectivity index (χ3v) is 2.60. The number of hydrogen-bond acceptors (Lipinski definition) is 2. The summed E-state index contributed by atoms with van der Waals surface area (Å²) < 4.78 is 28.5. The molecule has 0 aliphatic rings. The first kappa shape index (κ1) is 12.2. The maximum Gasteiger partial charge on any atom is 0.331 e. The van der Waals surface area contributed by atoms with Crippen molar-refractivity contribution in [3.8, 4) is 0 Å². The van der Waals surface area contributed by atoms with Gasteiger partial charge in [0.05, 0.1) is 6.54 Å². The van der Waals surface area contributed by atoms with Crippen molar-refractivity contribution >= 4 is 0 Å². The molecule has 0 aliphatic carbocycles. The van der Waals surface area contributed by atoms with E-state index in [2.05, 4.69) is 0 Å². The highest BCUT2D eigenvalue weighted by atomic mass is 19.2. The van der Waals surface area contributed by atoms with Crippen molar-refractivity contribution in [1.82, 2.24) is 9.13 Å². The quantitative estimate of drug-likeness (QED) is 0.796. The van der Waals surface area contributed by atoms with E-state index in [4.69, 9.17) is 0 Å². The molecule has 0 radical (unpaired) electrons. The minimum atomic E-state index is -1.05. The molecule has 0 saturated heterocycles. The molecule has 0 aliphatic heterocycles. The van der Waals surface area contributed by atoms with Gasteiger partial charge in [-0.1, -0.05) is 12.1 Å². The average Bonchev–Trinajstić information content (AvgIpc) is 2.35. The Morgan fingerprint density at radius 2 is 1.89 bits per heavy atom. The van der Waals surface area contributed by atoms with Crippen LogP contribution in [-0.2, 0) is 13.6 Å². The fourth-order valence-electron chi connectivity index (χ4n) is 1.60. The number of halogens is 2. The molecule has 1 heterocycles. The maximum absolute atomic E-state index is 13.5. The lowest BCUT2D eigenvalue weighted by Crippen LogP contribution is -2.38. The molecule has 0 unspecified atom stereocenters.